The van der Waals surface area contributed by atoms with E-state index in [1.165, 1.54) is 4.90 Å². The fourth-order valence-electron chi connectivity index (χ4n) is 2.16. The molecule has 0 aromatic rings. The van der Waals surface area contributed by atoms with E-state index >= 15 is 0 Å². The molecular formula is C12H19ClF3NO2. The molecule has 0 bridgehead atoms. The van der Waals surface area contributed by atoms with Crippen molar-refractivity contribution in [3.63, 3.8) is 0 Å². The van der Waals surface area contributed by atoms with Crippen LogP contribution in [0.1, 0.15) is 26.7 Å². The number of methoxy groups -OCH3 is 1. The van der Waals surface area contributed by atoms with Gasteiger partial charge in [-0.1, -0.05) is 0 Å². The first kappa shape index (κ1) is 16.6. The number of hydrogen-bond donors (Lipinski definition) is 0. The van der Waals surface area contributed by atoms with Crippen LogP contribution >= 0.6 is 11.6 Å². The van der Waals surface area contributed by atoms with Gasteiger partial charge in [-0.05, 0) is 13.8 Å². The molecule has 1 fully saturated rings. The van der Waals surface area contributed by atoms with Crippen molar-refractivity contribution in [2.45, 2.75) is 38.5 Å². The Bertz CT molecular complexity index is 336. The maximum atomic E-state index is 13.0. The molecule has 1 rings (SSSR count). The van der Waals surface area contributed by atoms with E-state index in [9.17, 15) is 18.0 Å². The molecular weight excluding hydrogens is 283 g/mol. The van der Waals surface area contributed by atoms with Crippen LogP contribution < -0.4 is 0 Å². The van der Waals surface area contributed by atoms with Gasteiger partial charge < -0.3 is 9.64 Å². The van der Waals surface area contributed by atoms with Crippen LogP contribution in [0.25, 0.3) is 0 Å². The Kier molecular flexibility index (Phi) is 4.78. The second-order valence-corrected chi connectivity index (χ2v) is 5.77. The number of rotatable bonds is 3. The predicted molar refractivity (Wildman–Crippen MR) is 66.1 cm³/mol. The smallest absolute Gasteiger partial charge is 0.369 e. The Morgan fingerprint density at radius 2 is 1.79 bits per heavy atom. The molecule has 1 heterocycles. The van der Waals surface area contributed by atoms with Crippen molar-refractivity contribution in [2.75, 3.05) is 26.1 Å². The molecule has 1 amide bonds. The van der Waals surface area contributed by atoms with Gasteiger partial charge in [0.15, 0.2) is 5.60 Å². The van der Waals surface area contributed by atoms with Crippen LogP contribution in [0.2, 0.25) is 0 Å². The highest BCUT2D eigenvalue weighted by atomic mass is 35.5. The molecule has 1 aliphatic rings. The highest BCUT2D eigenvalue weighted by Crippen LogP contribution is 2.41. The number of alkyl halides is 4. The van der Waals surface area contributed by atoms with E-state index in [1.54, 1.807) is 13.8 Å². The molecule has 19 heavy (non-hydrogen) atoms. The average molecular weight is 302 g/mol. The van der Waals surface area contributed by atoms with Crippen molar-refractivity contribution >= 4 is 17.5 Å². The summed E-state index contributed by atoms with van der Waals surface area (Å²) in [5.41, 5.74) is -2.89. The third-order valence-corrected chi connectivity index (χ3v) is 4.35. The summed E-state index contributed by atoms with van der Waals surface area (Å²) in [7, 11) is 1.06. The summed E-state index contributed by atoms with van der Waals surface area (Å²) in [4.78, 5) is 13.6. The molecule has 0 N–H and O–H groups in total. The lowest BCUT2D eigenvalue weighted by molar-refractivity contribution is -0.282. The van der Waals surface area contributed by atoms with Gasteiger partial charge in [-0.15, -0.1) is 11.6 Å². The zero-order valence-electron chi connectivity index (χ0n) is 11.3. The topological polar surface area (TPSA) is 29.5 Å². The van der Waals surface area contributed by atoms with Gasteiger partial charge in [-0.25, -0.2) is 0 Å². The summed E-state index contributed by atoms with van der Waals surface area (Å²) in [6, 6.07) is 0. The van der Waals surface area contributed by atoms with E-state index in [-0.39, 0.29) is 37.7 Å². The molecule has 0 saturated carbocycles. The Balaban J connectivity index is 2.75. The van der Waals surface area contributed by atoms with Gasteiger partial charge in [0, 0.05) is 38.9 Å². The lowest BCUT2D eigenvalue weighted by Crippen LogP contribution is -2.57. The maximum Gasteiger partial charge on any atom is 0.417 e. The number of amides is 1. The van der Waals surface area contributed by atoms with Crippen LogP contribution in [0.4, 0.5) is 13.2 Å². The van der Waals surface area contributed by atoms with E-state index < -0.39 is 17.2 Å². The van der Waals surface area contributed by atoms with Gasteiger partial charge in [-0.2, -0.15) is 13.2 Å². The zero-order valence-corrected chi connectivity index (χ0v) is 12.1. The predicted octanol–water partition coefficient (Wildman–Crippen LogP) is 2.82. The normalized spacial score (nSPS) is 20.5. The molecule has 112 valence electrons. The number of ether oxygens (including phenoxy) is 1. The minimum Gasteiger partial charge on any atom is -0.369 e. The summed E-state index contributed by atoms with van der Waals surface area (Å²) in [5.74, 6) is -0.0776. The molecule has 0 aromatic carbocycles. The zero-order chi connectivity index (χ0) is 14.9. The Morgan fingerprint density at radius 3 is 2.11 bits per heavy atom. The largest absolute Gasteiger partial charge is 0.417 e. The fraction of sp³-hybridized carbons (Fsp3) is 0.917. The maximum absolute atomic E-state index is 13.0. The molecule has 7 heteroatoms. The first-order valence-corrected chi connectivity index (χ1v) is 6.60. The molecule has 0 aliphatic carbocycles. The summed E-state index contributed by atoms with van der Waals surface area (Å²) in [6.45, 7) is 3.44. The highest BCUT2D eigenvalue weighted by Gasteiger charge is 2.57. The molecule has 0 aromatic heterocycles. The molecule has 0 radical (unpaired) electrons. The Hall–Kier alpha value is -0.490. The monoisotopic (exact) mass is 301 g/mol. The van der Waals surface area contributed by atoms with Gasteiger partial charge in [0.25, 0.3) is 0 Å². The van der Waals surface area contributed by atoms with Gasteiger partial charge in [0.05, 0.1) is 5.41 Å². The second kappa shape index (κ2) is 5.48. The third-order valence-electron chi connectivity index (χ3n) is 3.68. The van der Waals surface area contributed by atoms with Crippen molar-refractivity contribution in [3.05, 3.63) is 0 Å². The number of carbonyl (C=O) groups excluding carboxylic acids is 1. The van der Waals surface area contributed by atoms with Crippen LogP contribution in [0.15, 0.2) is 0 Å². The molecule has 0 unspecified atom stereocenters. The minimum absolute atomic E-state index is 0.0342. The minimum atomic E-state index is -4.42. The summed E-state index contributed by atoms with van der Waals surface area (Å²) in [6.07, 6.45) is -4.90. The third kappa shape index (κ3) is 3.16. The molecule has 1 saturated heterocycles. The first-order valence-electron chi connectivity index (χ1n) is 6.07. The van der Waals surface area contributed by atoms with Crippen LogP contribution in [0, 0.1) is 5.41 Å². The highest BCUT2D eigenvalue weighted by molar-refractivity contribution is 6.19. The lowest BCUT2D eigenvalue weighted by Gasteiger charge is -2.43. The van der Waals surface area contributed by atoms with Crippen molar-refractivity contribution in [2.24, 2.45) is 5.41 Å². The van der Waals surface area contributed by atoms with Crippen molar-refractivity contribution in [3.8, 4) is 0 Å². The van der Waals surface area contributed by atoms with E-state index in [0.717, 1.165) is 7.11 Å². The van der Waals surface area contributed by atoms with Gasteiger partial charge in [-0.3, -0.25) is 4.79 Å². The van der Waals surface area contributed by atoms with E-state index in [0.29, 0.717) is 0 Å². The summed E-state index contributed by atoms with van der Waals surface area (Å²) in [5, 5.41) is 0. The summed E-state index contributed by atoms with van der Waals surface area (Å²) >= 11 is 5.71. The summed E-state index contributed by atoms with van der Waals surface area (Å²) < 4.78 is 43.6. The van der Waals surface area contributed by atoms with Crippen molar-refractivity contribution in [1.82, 2.24) is 4.90 Å². The SMILES string of the molecule is COC1(C(F)(F)F)CCN(C(=O)C(C)(C)CCl)CC1. The molecule has 0 spiro atoms. The van der Waals surface area contributed by atoms with Crippen LogP contribution in [0.3, 0.4) is 0 Å². The number of hydrogen-bond acceptors (Lipinski definition) is 2. The average Bonchev–Trinajstić information content (AvgIpc) is 2.36. The van der Waals surface area contributed by atoms with Crippen LogP contribution in [-0.2, 0) is 9.53 Å². The van der Waals surface area contributed by atoms with Gasteiger partial charge in [0.2, 0.25) is 5.91 Å². The van der Waals surface area contributed by atoms with E-state index in [2.05, 4.69) is 0 Å². The van der Waals surface area contributed by atoms with Crippen LogP contribution in [-0.4, -0.2) is 48.7 Å². The fourth-order valence-corrected chi connectivity index (χ4v) is 2.27. The number of nitrogens with zero attached hydrogens (tertiary/aromatic N) is 1. The molecule has 1 aliphatic heterocycles. The molecule has 3 nitrogen and oxygen atoms in total. The number of carbonyl (C=O) groups is 1. The Morgan fingerprint density at radius 1 is 1.32 bits per heavy atom. The van der Waals surface area contributed by atoms with E-state index in [1.807, 2.05) is 0 Å². The number of halogens is 4. The standard InChI is InChI=1S/C12H19ClF3NO2/c1-10(2,8-13)9(18)17-6-4-11(19-3,5-7-17)12(14,15)16/h4-8H2,1-3H3. The van der Waals surface area contributed by atoms with Crippen molar-refractivity contribution in [1.29, 1.82) is 0 Å². The number of likely N-dealkylation sites (tertiary alicyclic amines) is 1. The second-order valence-electron chi connectivity index (χ2n) is 5.51. The van der Waals surface area contributed by atoms with Crippen molar-refractivity contribution < 1.29 is 22.7 Å². The van der Waals surface area contributed by atoms with Crippen LogP contribution in [0.5, 0.6) is 0 Å². The van der Waals surface area contributed by atoms with Gasteiger partial charge >= 0.3 is 6.18 Å². The first-order chi connectivity index (χ1) is 8.59. The Labute approximate surface area is 116 Å². The number of piperidine rings is 1. The molecule has 0 atom stereocenters. The van der Waals surface area contributed by atoms with E-state index in [4.69, 9.17) is 16.3 Å². The lowest BCUT2D eigenvalue weighted by atomic mass is 9.87. The van der Waals surface area contributed by atoms with Gasteiger partial charge in [0.1, 0.15) is 0 Å². The quantitative estimate of drug-likeness (QED) is 0.750.